The zero-order chi connectivity index (χ0) is 14.2. The number of para-hydroxylation sites is 1. The van der Waals surface area contributed by atoms with Gasteiger partial charge in [0.05, 0.1) is 18.0 Å². The van der Waals surface area contributed by atoms with Crippen molar-refractivity contribution in [2.45, 2.75) is 6.42 Å². The summed E-state index contributed by atoms with van der Waals surface area (Å²) in [6.45, 7) is 1.63. The molecule has 0 radical (unpaired) electrons. The molecule has 1 atom stereocenters. The zero-order valence-corrected chi connectivity index (χ0v) is 12.3. The summed E-state index contributed by atoms with van der Waals surface area (Å²) < 4.78 is 5.83. The zero-order valence-electron chi connectivity index (χ0n) is 11.5. The first-order valence-electron chi connectivity index (χ1n) is 7.15. The van der Waals surface area contributed by atoms with E-state index in [4.69, 9.17) is 21.4 Å². The molecular formula is C17H15ClN2O. The average molecular weight is 299 g/mol. The van der Waals surface area contributed by atoms with E-state index in [0.717, 1.165) is 47.3 Å². The highest BCUT2D eigenvalue weighted by atomic mass is 35.5. The summed E-state index contributed by atoms with van der Waals surface area (Å²) in [5, 5.41) is 7.68. The Morgan fingerprint density at radius 1 is 1.10 bits per heavy atom. The van der Waals surface area contributed by atoms with Crippen LogP contribution in [-0.4, -0.2) is 18.9 Å². The van der Waals surface area contributed by atoms with Gasteiger partial charge in [-0.2, -0.15) is 5.10 Å². The van der Waals surface area contributed by atoms with Crippen LogP contribution in [0.1, 0.15) is 12.0 Å². The third kappa shape index (κ3) is 2.28. The van der Waals surface area contributed by atoms with Crippen LogP contribution in [0, 0.1) is 5.92 Å². The van der Waals surface area contributed by atoms with Crippen molar-refractivity contribution >= 4 is 23.0 Å². The van der Waals surface area contributed by atoms with Gasteiger partial charge in [0.15, 0.2) is 0 Å². The van der Waals surface area contributed by atoms with Crippen LogP contribution in [0.15, 0.2) is 53.6 Å². The van der Waals surface area contributed by atoms with Crippen molar-refractivity contribution < 1.29 is 4.74 Å². The topological polar surface area (TPSA) is 24.8 Å². The quantitative estimate of drug-likeness (QED) is 0.796. The largest absolute Gasteiger partial charge is 0.492 e. The summed E-state index contributed by atoms with van der Waals surface area (Å²) in [6.07, 6.45) is 1.05. The molecule has 0 aliphatic carbocycles. The van der Waals surface area contributed by atoms with E-state index in [2.05, 4.69) is 11.1 Å². The second kappa shape index (κ2) is 5.08. The van der Waals surface area contributed by atoms with Gasteiger partial charge < -0.3 is 4.74 Å². The maximum absolute atomic E-state index is 5.96. The lowest BCUT2D eigenvalue weighted by atomic mass is 9.90. The molecule has 4 rings (SSSR count). The summed E-state index contributed by atoms with van der Waals surface area (Å²) in [6, 6.07) is 16.0. The molecule has 0 aromatic heterocycles. The molecule has 0 bridgehead atoms. The van der Waals surface area contributed by atoms with Crippen LogP contribution in [-0.2, 0) is 0 Å². The summed E-state index contributed by atoms with van der Waals surface area (Å²) in [4.78, 5) is 0. The van der Waals surface area contributed by atoms with Gasteiger partial charge in [-0.3, -0.25) is 5.01 Å². The molecule has 0 spiro atoms. The predicted octanol–water partition coefficient (Wildman–Crippen LogP) is 3.96. The number of ether oxygens (including phenoxy) is 1. The second-order valence-electron chi connectivity index (χ2n) is 5.38. The number of hydrogen-bond donors (Lipinski definition) is 0. The molecular weight excluding hydrogens is 284 g/mol. The number of benzene rings is 2. The van der Waals surface area contributed by atoms with Crippen molar-refractivity contribution in [2.75, 3.05) is 18.2 Å². The van der Waals surface area contributed by atoms with Crippen molar-refractivity contribution in [3.63, 3.8) is 0 Å². The molecule has 106 valence electrons. The molecule has 0 N–H and O–H groups in total. The Balaban J connectivity index is 1.74. The Morgan fingerprint density at radius 2 is 1.90 bits per heavy atom. The molecule has 2 heterocycles. The Morgan fingerprint density at radius 3 is 2.76 bits per heavy atom. The number of halogens is 1. The van der Waals surface area contributed by atoms with Crippen molar-refractivity contribution in [1.29, 1.82) is 0 Å². The Bertz CT molecular complexity index is 696. The standard InChI is InChI=1S/C17H15ClN2O/c18-13-5-7-14(8-6-13)20-10-9-12-11-21-16-4-2-1-3-15(16)17(12)19-20/h1-8,12H,9-11H2. The first-order chi connectivity index (χ1) is 10.3. The van der Waals surface area contributed by atoms with Gasteiger partial charge in [0, 0.05) is 23.0 Å². The molecule has 4 heteroatoms. The van der Waals surface area contributed by atoms with Gasteiger partial charge in [-0.05, 0) is 42.8 Å². The Hall–Kier alpha value is -2.00. The molecule has 2 aromatic carbocycles. The Labute approximate surface area is 128 Å². The number of nitrogens with zero attached hydrogens (tertiary/aromatic N) is 2. The van der Waals surface area contributed by atoms with Crippen molar-refractivity contribution in [3.05, 3.63) is 59.1 Å². The highest BCUT2D eigenvalue weighted by molar-refractivity contribution is 6.30. The van der Waals surface area contributed by atoms with Crippen molar-refractivity contribution in [3.8, 4) is 5.75 Å². The smallest absolute Gasteiger partial charge is 0.128 e. The van der Waals surface area contributed by atoms with Crippen LogP contribution in [0.3, 0.4) is 0 Å². The number of anilines is 1. The third-order valence-electron chi connectivity index (χ3n) is 4.03. The summed E-state index contributed by atoms with van der Waals surface area (Å²) in [7, 11) is 0. The van der Waals surface area contributed by atoms with E-state index < -0.39 is 0 Å². The van der Waals surface area contributed by atoms with E-state index in [9.17, 15) is 0 Å². The highest BCUT2D eigenvalue weighted by Gasteiger charge is 2.31. The monoisotopic (exact) mass is 298 g/mol. The van der Waals surface area contributed by atoms with Gasteiger partial charge in [0.1, 0.15) is 5.75 Å². The number of fused-ring (bicyclic) bond motifs is 3. The van der Waals surface area contributed by atoms with E-state index in [0.29, 0.717) is 5.92 Å². The Kier molecular flexibility index (Phi) is 3.08. The molecule has 2 aromatic rings. The van der Waals surface area contributed by atoms with Crippen LogP contribution < -0.4 is 9.75 Å². The normalized spacial score (nSPS) is 20.1. The fourth-order valence-electron chi connectivity index (χ4n) is 2.91. The van der Waals surface area contributed by atoms with Crippen LogP contribution >= 0.6 is 11.6 Å². The molecule has 0 saturated heterocycles. The van der Waals surface area contributed by atoms with Crippen LogP contribution in [0.25, 0.3) is 0 Å². The van der Waals surface area contributed by atoms with Gasteiger partial charge in [-0.25, -0.2) is 0 Å². The van der Waals surface area contributed by atoms with Crippen LogP contribution in [0.4, 0.5) is 5.69 Å². The highest BCUT2D eigenvalue weighted by Crippen LogP contribution is 2.33. The van der Waals surface area contributed by atoms with Crippen LogP contribution in [0.5, 0.6) is 5.75 Å². The summed E-state index contributed by atoms with van der Waals surface area (Å²) in [5.74, 6) is 1.33. The SMILES string of the molecule is Clc1ccc(N2CCC3COc4ccccc4C3=N2)cc1. The lowest BCUT2D eigenvalue weighted by Crippen LogP contribution is -2.38. The number of hydrazone groups is 1. The summed E-state index contributed by atoms with van der Waals surface area (Å²) in [5.41, 5.74) is 3.33. The molecule has 21 heavy (non-hydrogen) atoms. The molecule has 0 amide bonds. The summed E-state index contributed by atoms with van der Waals surface area (Å²) >= 11 is 5.96. The molecule has 0 fully saturated rings. The molecule has 2 aliphatic heterocycles. The van der Waals surface area contributed by atoms with Gasteiger partial charge in [0.25, 0.3) is 0 Å². The fourth-order valence-corrected chi connectivity index (χ4v) is 3.03. The van der Waals surface area contributed by atoms with E-state index in [1.165, 1.54) is 0 Å². The van der Waals surface area contributed by atoms with Gasteiger partial charge in [-0.1, -0.05) is 23.7 Å². The maximum atomic E-state index is 5.96. The minimum atomic E-state index is 0.392. The average Bonchev–Trinajstić information content (AvgIpc) is 2.55. The van der Waals surface area contributed by atoms with E-state index in [1.54, 1.807) is 0 Å². The minimum Gasteiger partial charge on any atom is -0.492 e. The van der Waals surface area contributed by atoms with Crippen LogP contribution in [0.2, 0.25) is 5.02 Å². The minimum absolute atomic E-state index is 0.392. The predicted molar refractivity (Wildman–Crippen MR) is 85.4 cm³/mol. The third-order valence-corrected chi connectivity index (χ3v) is 4.28. The van der Waals surface area contributed by atoms with Crippen molar-refractivity contribution in [2.24, 2.45) is 11.0 Å². The maximum Gasteiger partial charge on any atom is 0.128 e. The number of rotatable bonds is 1. The molecule has 0 saturated carbocycles. The van der Waals surface area contributed by atoms with Gasteiger partial charge in [0.2, 0.25) is 0 Å². The first-order valence-corrected chi connectivity index (χ1v) is 7.53. The lowest BCUT2D eigenvalue weighted by molar-refractivity contribution is 0.264. The molecule has 2 aliphatic rings. The van der Waals surface area contributed by atoms with Gasteiger partial charge in [-0.15, -0.1) is 0 Å². The fraction of sp³-hybridized carbons (Fsp3) is 0.235. The molecule has 1 unspecified atom stereocenters. The first kappa shape index (κ1) is 12.7. The van der Waals surface area contributed by atoms with E-state index in [1.807, 2.05) is 42.5 Å². The lowest BCUT2D eigenvalue weighted by Gasteiger charge is -2.34. The van der Waals surface area contributed by atoms with Crippen molar-refractivity contribution in [1.82, 2.24) is 0 Å². The van der Waals surface area contributed by atoms with Gasteiger partial charge >= 0.3 is 0 Å². The molecule has 3 nitrogen and oxygen atoms in total. The second-order valence-corrected chi connectivity index (χ2v) is 5.81. The number of hydrogen-bond acceptors (Lipinski definition) is 3. The van der Waals surface area contributed by atoms with E-state index >= 15 is 0 Å². The van der Waals surface area contributed by atoms with E-state index in [-0.39, 0.29) is 0 Å².